The van der Waals surface area contributed by atoms with Crippen LogP contribution in [0.4, 0.5) is 13.2 Å². The summed E-state index contributed by atoms with van der Waals surface area (Å²) >= 11 is 0. The maximum atomic E-state index is 13.1. The first kappa shape index (κ1) is 17.1. The molecule has 2 rings (SSSR count). The number of hydrogen-bond donors (Lipinski definition) is 1. The molecule has 23 heavy (non-hydrogen) atoms. The predicted octanol–water partition coefficient (Wildman–Crippen LogP) is 1.81. The van der Waals surface area contributed by atoms with E-state index in [-0.39, 0.29) is 36.7 Å². The zero-order valence-electron chi connectivity index (χ0n) is 12.7. The van der Waals surface area contributed by atoms with Crippen LogP contribution < -0.4 is 10.1 Å². The van der Waals surface area contributed by atoms with Gasteiger partial charge in [0, 0.05) is 26.6 Å². The first-order valence-electron chi connectivity index (χ1n) is 6.98. The number of carbonyl (C=O) groups excluding carboxylic acids is 2. The van der Waals surface area contributed by atoms with Crippen molar-refractivity contribution < 1.29 is 27.5 Å². The van der Waals surface area contributed by atoms with Gasteiger partial charge in [-0.05, 0) is 17.7 Å². The van der Waals surface area contributed by atoms with Gasteiger partial charge in [-0.1, -0.05) is 6.07 Å². The fraction of sp³-hybridized carbons (Fsp3) is 0.467. The molecule has 8 heteroatoms. The van der Waals surface area contributed by atoms with Crippen LogP contribution in [-0.4, -0.2) is 37.4 Å². The van der Waals surface area contributed by atoms with E-state index in [9.17, 15) is 22.8 Å². The molecule has 0 saturated carbocycles. The highest BCUT2D eigenvalue weighted by Crippen LogP contribution is 2.34. The molecule has 1 atom stereocenters. The summed E-state index contributed by atoms with van der Waals surface area (Å²) in [6, 6.07) is 3.58. The second-order valence-electron chi connectivity index (χ2n) is 5.41. The molecule has 5 nitrogen and oxygen atoms in total. The molecule has 1 fully saturated rings. The van der Waals surface area contributed by atoms with Crippen LogP contribution >= 0.6 is 0 Å². The van der Waals surface area contributed by atoms with Gasteiger partial charge in [0.2, 0.25) is 11.8 Å². The molecular weight excluding hydrogens is 313 g/mol. The van der Waals surface area contributed by atoms with Gasteiger partial charge in [0.1, 0.15) is 5.75 Å². The summed E-state index contributed by atoms with van der Waals surface area (Å²) in [5.41, 5.74) is -0.902. The molecule has 1 aromatic rings. The molecule has 126 valence electrons. The molecule has 0 aromatic heterocycles. The smallest absolute Gasteiger partial charge is 0.416 e. The zero-order valence-corrected chi connectivity index (χ0v) is 12.7. The Morgan fingerprint density at radius 1 is 1.43 bits per heavy atom. The van der Waals surface area contributed by atoms with Crippen molar-refractivity contribution in [3.63, 3.8) is 0 Å². The van der Waals surface area contributed by atoms with E-state index in [0.29, 0.717) is 0 Å². The number of nitrogens with zero attached hydrogens (tertiary/aromatic N) is 1. The average Bonchev–Trinajstić information content (AvgIpc) is 2.83. The molecule has 1 aromatic carbocycles. The van der Waals surface area contributed by atoms with Gasteiger partial charge < -0.3 is 15.0 Å². The number of carbonyl (C=O) groups is 2. The normalized spacial score (nSPS) is 18.2. The Balaban J connectivity index is 2.08. The van der Waals surface area contributed by atoms with E-state index in [2.05, 4.69) is 5.32 Å². The molecule has 0 radical (unpaired) electrons. The summed E-state index contributed by atoms with van der Waals surface area (Å²) in [5, 5.41) is 2.47. The third-order valence-corrected chi connectivity index (χ3v) is 3.79. The lowest BCUT2D eigenvalue weighted by atomic mass is 10.0. The lowest BCUT2D eigenvalue weighted by Gasteiger charge is -2.16. The molecular formula is C15H17F3N2O3. The van der Waals surface area contributed by atoms with Crippen LogP contribution in [0.15, 0.2) is 18.2 Å². The van der Waals surface area contributed by atoms with Crippen LogP contribution in [0.1, 0.15) is 17.5 Å². The van der Waals surface area contributed by atoms with Gasteiger partial charge in [0.15, 0.2) is 0 Å². The Kier molecular flexibility index (Phi) is 4.82. The molecule has 0 unspecified atom stereocenters. The number of ether oxygens (including phenoxy) is 1. The Bertz CT molecular complexity index is 616. The highest BCUT2D eigenvalue weighted by atomic mass is 19.4. The number of halogens is 3. The minimum absolute atomic E-state index is 0.0515. The summed E-state index contributed by atoms with van der Waals surface area (Å²) in [7, 11) is 2.87. The number of benzene rings is 1. The highest BCUT2D eigenvalue weighted by Gasteiger charge is 2.35. The highest BCUT2D eigenvalue weighted by molar-refractivity contribution is 5.89. The van der Waals surface area contributed by atoms with E-state index in [4.69, 9.17) is 4.74 Å². The maximum absolute atomic E-state index is 13.1. The van der Waals surface area contributed by atoms with Crippen molar-refractivity contribution in [2.75, 3.05) is 20.7 Å². The maximum Gasteiger partial charge on any atom is 0.416 e. The van der Waals surface area contributed by atoms with Crippen molar-refractivity contribution in [2.45, 2.75) is 19.1 Å². The Morgan fingerprint density at radius 3 is 2.65 bits per heavy atom. The van der Waals surface area contributed by atoms with E-state index >= 15 is 0 Å². The van der Waals surface area contributed by atoms with E-state index in [0.717, 1.165) is 6.07 Å². The first-order chi connectivity index (χ1) is 10.7. The van der Waals surface area contributed by atoms with Gasteiger partial charge in [-0.3, -0.25) is 9.59 Å². The van der Waals surface area contributed by atoms with Crippen molar-refractivity contribution in [3.8, 4) is 5.75 Å². The van der Waals surface area contributed by atoms with Crippen molar-refractivity contribution in [2.24, 2.45) is 5.92 Å². The number of methoxy groups -OCH3 is 1. The largest absolute Gasteiger partial charge is 0.497 e. The zero-order chi connectivity index (χ0) is 17.2. The molecule has 1 aliphatic heterocycles. The van der Waals surface area contributed by atoms with Crippen LogP contribution in [0.3, 0.4) is 0 Å². The van der Waals surface area contributed by atoms with Crippen molar-refractivity contribution in [3.05, 3.63) is 29.3 Å². The molecule has 0 spiro atoms. The number of likely N-dealkylation sites (tertiary alicyclic amines) is 1. The van der Waals surface area contributed by atoms with E-state index in [1.807, 2.05) is 0 Å². The minimum atomic E-state index is -4.54. The fourth-order valence-electron chi connectivity index (χ4n) is 2.47. The van der Waals surface area contributed by atoms with Crippen LogP contribution in [-0.2, 0) is 22.3 Å². The SMILES string of the molecule is COc1ccc(CNC(=O)[C@@H]2CC(=O)N(C)C2)c(C(F)(F)F)c1. The molecule has 0 aliphatic carbocycles. The van der Waals surface area contributed by atoms with Gasteiger partial charge in [-0.25, -0.2) is 0 Å². The van der Waals surface area contributed by atoms with Crippen molar-refractivity contribution in [1.82, 2.24) is 10.2 Å². The molecule has 1 saturated heterocycles. The van der Waals surface area contributed by atoms with Gasteiger partial charge in [0.25, 0.3) is 0 Å². The number of hydrogen-bond acceptors (Lipinski definition) is 3. The van der Waals surface area contributed by atoms with Gasteiger partial charge in [-0.2, -0.15) is 13.2 Å². The second-order valence-corrected chi connectivity index (χ2v) is 5.41. The minimum Gasteiger partial charge on any atom is -0.497 e. The summed E-state index contributed by atoms with van der Waals surface area (Å²) in [4.78, 5) is 24.8. The second kappa shape index (κ2) is 6.47. The number of nitrogens with one attached hydrogen (secondary N) is 1. The van der Waals surface area contributed by atoms with Crippen molar-refractivity contribution in [1.29, 1.82) is 0 Å². The van der Waals surface area contributed by atoms with Gasteiger partial charge >= 0.3 is 6.18 Å². The quantitative estimate of drug-likeness (QED) is 0.916. The average molecular weight is 330 g/mol. The Labute approximate surface area is 131 Å². The van der Waals surface area contributed by atoms with Crippen LogP contribution in [0.5, 0.6) is 5.75 Å². The van der Waals surface area contributed by atoms with Crippen LogP contribution in [0.25, 0.3) is 0 Å². The molecule has 0 bridgehead atoms. The molecule has 1 heterocycles. The van der Waals surface area contributed by atoms with E-state index in [1.54, 1.807) is 7.05 Å². The first-order valence-corrected chi connectivity index (χ1v) is 6.98. The lowest BCUT2D eigenvalue weighted by molar-refractivity contribution is -0.138. The fourth-order valence-corrected chi connectivity index (χ4v) is 2.47. The predicted molar refractivity (Wildman–Crippen MR) is 75.6 cm³/mol. The third kappa shape index (κ3) is 3.94. The number of alkyl halides is 3. The summed E-state index contributed by atoms with van der Waals surface area (Å²) in [5.74, 6) is -1.01. The van der Waals surface area contributed by atoms with E-state index < -0.39 is 23.6 Å². The summed E-state index contributed by atoms with van der Waals surface area (Å²) in [6.45, 7) is 0.0193. The molecule has 2 amide bonds. The Morgan fingerprint density at radius 2 is 2.13 bits per heavy atom. The lowest BCUT2D eigenvalue weighted by Crippen LogP contribution is -2.32. The standard InChI is InChI=1S/C15H17F3N2O3/c1-20-8-10(5-13(20)21)14(22)19-7-9-3-4-11(23-2)6-12(9)15(16,17)18/h3-4,6,10H,5,7-8H2,1-2H3,(H,19,22)/t10-/m1/s1. The van der Waals surface area contributed by atoms with Crippen LogP contribution in [0, 0.1) is 5.92 Å². The van der Waals surface area contributed by atoms with Crippen molar-refractivity contribution >= 4 is 11.8 Å². The Hall–Kier alpha value is -2.25. The van der Waals surface area contributed by atoms with E-state index in [1.165, 1.54) is 24.1 Å². The topological polar surface area (TPSA) is 58.6 Å². The molecule has 1 N–H and O–H groups in total. The van der Waals surface area contributed by atoms with Gasteiger partial charge in [0.05, 0.1) is 18.6 Å². The number of amides is 2. The summed E-state index contributed by atoms with van der Waals surface area (Å²) in [6.07, 6.45) is -4.46. The van der Waals surface area contributed by atoms with Gasteiger partial charge in [-0.15, -0.1) is 0 Å². The number of rotatable bonds is 4. The monoisotopic (exact) mass is 330 g/mol. The third-order valence-electron chi connectivity index (χ3n) is 3.79. The molecule has 1 aliphatic rings. The van der Waals surface area contributed by atoms with Crippen LogP contribution in [0.2, 0.25) is 0 Å². The summed E-state index contributed by atoms with van der Waals surface area (Å²) < 4.78 is 44.0.